The fourth-order valence-corrected chi connectivity index (χ4v) is 1.69. The monoisotopic (exact) mass is 252 g/mol. The summed E-state index contributed by atoms with van der Waals surface area (Å²) in [5, 5.41) is 3.13. The Morgan fingerprint density at radius 2 is 1.75 bits per heavy atom. The van der Waals surface area contributed by atoms with Crippen LogP contribution in [-0.4, -0.2) is 49.6 Å². The van der Waals surface area contributed by atoms with Gasteiger partial charge in [-0.3, -0.25) is 0 Å². The third-order valence-corrected chi connectivity index (χ3v) is 5.12. The highest BCUT2D eigenvalue weighted by Crippen LogP contribution is 2.56. The lowest BCUT2D eigenvalue weighted by atomic mass is 10.3. The Kier molecular flexibility index (Phi) is 7.70. The molecule has 0 bridgehead atoms. The zero-order valence-corrected chi connectivity index (χ0v) is 12.3. The van der Waals surface area contributed by atoms with E-state index in [1.165, 1.54) is 0 Å². The first-order valence-electron chi connectivity index (χ1n) is 5.82. The molecular formula is C11H27NO3P+. The highest BCUT2D eigenvalue weighted by Gasteiger charge is 2.36. The minimum absolute atomic E-state index is 0.132. The molecule has 2 N–H and O–H groups in total. The fraction of sp³-hybridized carbons (Fsp3) is 1.00. The fourth-order valence-electron chi connectivity index (χ4n) is 0.913. The Labute approximate surface area is 100 Å². The van der Waals surface area contributed by atoms with Gasteiger partial charge in [0.2, 0.25) is 0 Å². The molecule has 0 aromatic carbocycles. The molecule has 0 radical (unpaired) electrons. The van der Waals surface area contributed by atoms with Crippen LogP contribution in [0.25, 0.3) is 0 Å². The van der Waals surface area contributed by atoms with E-state index in [-0.39, 0.29) is 17.8 Å². The Morgan fingerprint density at radius 3 is 2.12 bits per heavy atom. The van der Waals surface area contributed by atoms with Crippen LogP contribution in [0, 0.1) is 0 Å². The van der Waals surface area contributed by atoms with Gasteiger partial charge in [0.15, 0.2) is 0 Å². The summed E-state index contributed by atoms with van der Waals surface area (Å²) in [5.41, 5.74) is 0.177. The molecule has 16 heavy (non-hydrogen) atoms. The Hall–Kier alpha value is 0.270. The molecule has 0 aromatic heterocycles. The van der Waals surface area contributed by atoms with Crippen LogP contribution in [-0.2, 0) is 9.26 Å². The highest BCUT2D eigenvalue weighted by atomic mass is 31.2. The van der Waals surface area contributed by atoms with Crippen molar-refractivity contribution in [1.29, 1.82) is 0 Å². The Bertz CT molecular complexity index is 186. The summed E-state index contributed by atoms with van der Waals surface area (Å²) in [6.07, 6.45) is 0.219. The van der Waals surface area contributed by atoms with E-state index >= 15 is 0 Å². The summed E-state index contributed by atoms with van der Waals surface area (Å²) < 4.78 is 11.1. The average Bonchev–Trinajstić information content (AvgIpc) is 2.17. The number of nitrogens with one attached hydrogen (secondary N) is 1. The van der Waals surface area contributed by atoms with Gasteiger partial charge in [0.05, 0.1) is 18.8 Å². The van der Waals surface area contributed by atoms with Crippen molar-refractivity contribution < 1.29 is 14.2 Å². The van der Waals surface area contributed by atoms with Gasteiger partial charge in [0.1, 0.15) is 18.9 Å². The van der Waals surface area contributed by atoms with E-state index in [4.69, 9.17) is 9.26 Å². The zero-order valence-electron chi connectivity index (χ0n) is 11.4. The summed E-state index contributed by atoms with van der Waals surface area (Å²) in [7, 11) is -0.349. The van der Waals surface area contributed by atoms with Crippen molar-refractivity contribution in [3.63, 3.8) is 0 Å². The largest absolute Gasteiger partial charge is 0.377 e. The number of rotatable bonds is 8. The average molecular weight is 252 g/mol. The van der Waals surface area contributed by atoms with Gasteiger partial charge in [-0.1, -0.05) is 0 Å². The maximum absolute atomic E-state index is 10.0. The molecule has 0 spiro atoms. The summed E-state index contributed by atoms with van der Waals surface area (Å²) in [6.45, 7) is 10.9. The Balaban J connectivity index is 3.95. The molecule has 0 amide bonds. The van der Waals surface area contributed by atoms with E-state index in [9.17, 15) is 4.89 Å². The van der Waals surface area contributed by atoms with Gasteiger partial charge in [-0.25, -0.2) is 9.42 Å². The lowest BCUT2D eigenvalue weighted by molar-refractivity contribution is 0.0514. The van der Waals surface area contributed by atoms with Crippen LogP contribution in [0.4, 0.5) is 0 Å². The van der Waals surface area contributed by atoms with Crippen LogP contribution in [0.2, 0.25) is 0 Å². The van der Waals surface area contributed by atoms with Crippen molar-refractivity contribution >= 4 is 7.72 Å². The minimum atomic E-state index is -2.22. The first-order chi connectivity index (χ1) is 7.29. The first kappa shape index (κ1) is 16.3. The summed E-state index contributed by atoms with van der Waals surface area (Å²) in [4.78, 5) is 10.0. The first-order valence-corrected chi connectivity index (χ1v) is 7.99. The molecule has 4 nitrogen and oxygen atoms in total. The molecule has 0 rings (SSSR count). The zero-order chi connectivity index (χ0) is 12.8. The smallest absolute Gasteiger partial charge is 0.270 e. The molecule has 0 aliphatic rings. The van der Waals surface area contributed by atoms with E-state index in [1.807, 2.05) is 34.7 Å². The normalized spacial score (nSPS) is 17.8. The molecule has 5 heteroatoms. The molecule has 0 saturated heterocycles. The van der Waals surface area contributed by atoms with Gasteiger partial charge < -0.3 is 10.1 Å². The van der Waals surface area contributed by atoms with Crippen molar-refractivity contribution in [2.75, 3.05) is 26.9 Å². The van der Waals surface area contributed by atoms with E-state index in [0.29, 0.717) is 13.2 Å². The summed E-state index contributed by atoms with van der Waals surface area (Å²) in [5.74, 6) is 0. The molecule has 0 aliphatic heterocycles. The topological polar surface area (TPSA) is 50.7 Å². The molecule has 98 valence electrons. The molecular weight excluding hydrogens is 225 g/mol. The van der Waals surface area contributed by atoms with Crippen molar-refractivity contribution in [1.82, 2.24) is 5.32 Å². The second kappa shape index (κ2) is 7.57. The summed E-state index contributed by atoms with van der Waals surface area (Å²) in [6, 6.07) is 0.132. The molecule has 0 saturated carbocycles. The van der Waals surface area contributed by atoms with Gasteiger partial charge in [0, 0.05) is 0 Å². The SMILES string of the molecule is CNC(COC(C)C)CO[P+](C)(O)C(C)C. The molecule has 2 unspecified atom stereocenters. The highest BCUT2D eigenvalue weighted by molar-refractivity contribution is 7.65. The number of hydrogen-bond acceptors (Lipinski definition) is 4. The van der Waals surface area contributed by atoms with Crippen molar-refractivity contribution in [3.05, 3.63) is 0 Å². The quantitative estimate of drug-likeness (QED) is 0.648. The number of hydrogen-bond donors (Lipinski definition) is 2. The third kappa shape index (κ3) is 6.77. The van der Waals surface area contributed by atoms with Crippen molar-refractivity contribution in [3.8, 4) is 0 Å². The lowest BCUT2D eigenvalue weighted by Gasteiger charge is -2.22. The second-order valence-electron chi connectivity index (χ2n) is 4.70. The van der Waals surface area contributed by atoms with Crippen LogP contribution < -0.4 is 5.32 Å². The number of likely N-dealkylation sites (N-methyl/N-ethyl adjacent to an activating group) is 1. The van der Waals surface area contributed by atoms with Gasteiger partial charge in [0.25, 0.3) is 7.72 Å². The second-order valence-corrected chi connectivity index (χ2v) is 7.88. The molecule has 0 aliphatic carbocycles. The maximum Gasteiger partial charge on any atom is 0.270 e. The van der Waals surface area contributed by atoms with Gasteiger partial charge in [-0.15, -0.1) is 0 Å². The van der Waals surface area contributed by atoms with E-state index in [2.05, 4.69) is 5.32 Å². The lowest BCUT2D eigenvalue weighted by Crippen LogP contribution is -2.36. The van der Waals surface area contributed by atoms with Crippen molar-refractivity contribution in [2.45, 2.75) is 45.5 Å². The van der Waals surface area contributed by atoms with Gasteiger partial charge in [-0.2, -0.15) is 0 Å². The van der Waals surface area contributed by atoms with Crippen LogP contribution in [0.5, 0.6) is 0 Å². The van der Waals surface area contributed by atoms with E-state index < -0.39 is 7.72 Å². The van der Waals surface area contributed by atoms with E-state index in [1.54, 1.807) is 6.66 Å². The third-order valence-electron chi connectivity index (χ3n) is 2.53. The van der Waals surface area contributed by atoms with E-state index in [0.717, 1.165) is 0 Å². The minimum Gasteiger partial charge on any atom is -0.377 e. The van der Waals surface area contributed by atoms with Crippen LogP contribution in [0.1, 0.15) is 27.7 Å². The molecule has 2 atom stereocenters. The van der Waals surface area contributed by atoms with Crippen LogP contribution >= 0.6 is 7.72 Å². The standard InChI is InChI=1S/C11H27NO3P/c1-9(2)14-7-11(12-5)8-15-16(6,13)10(3)4/h9-13H,7-8H2,1-6H3/q+1. The van der Waals surface area contributed by atoms with Gasteiger partial charge >= 0.3 is 0 Å². The number of ether oxygens (including phenoxy) is 1. The predicted molar refractivity (Wildman–Crippen MR) is 70.1 cm³/mol. The Morgan fingerprint density at radius 1 is 1.19 bits per heavy atom. The molecule has 0 aromatic rings. The molecule has 0 heterocycles. The predicted octanol–water partition coefficient (Wildman–Crippen LogP) is 1.89. The van der Waals surface area contributed by atoms with Crippen LogP contribution in [0.15, 0.2) is 0 Å². The maximum atomic E-state index is 10.0. The molecule has 0 fully saturated rings. The summed E-state index contributed by atoms with van der Waals surface area (Å²) >= 11 is 0. The van der Waals surface area contributed by atoms with Crippen molar-refractivity contribution in [2.24, 2.45) is 0 Å². The van der Waals surface area contributed by atoms with Crippen LogP contribution in [0.3, 0.4) is 0 Å². The van der Waals surface area contributed by atoms with Gasteiger partial charge in [-0.05, 0) is 34.7 Å².